The molecule has 3 heteroatoms. The molecule has 0 spiro atoms. The van der Waals surface area contributed by atoms with Gasteiger partial charge in [-0.2, -0.15) is 0 Å². The molecule has 3 heterocycles. The van der Waals surface area contributed by atoms with Gasteiger partial charge in [-0.25, -0.2) is 0 Å². The number of aromatic nitrogens is 1. The standard InChI is InChI=1S/C12H15N3/c13-12(3-4-12)10-2-1-9-11(15-10)7-5-8(6-7)14-9/h1-2,7-8,14H,3-6,13H2. The van der Waals surface area contributed by atoms with Crippen LogP contribution in [0.3, 0.4) is 0 Å². The van der Waals surface area contributed by atoms with Crippen molar-refractivity contribution in [1.29, 1.82) is 0 Å². The zero-order valence-corrected chi connectivity index (χ0v) is 8.66. The molecule has 3 N–H and O–H groups in total. The van der Waals surface area contributed by atoms with E-state index in [4.69, 9.17) is 10.7 Å². The molecular formula is C12H15N3. The van der Waals surface area contributed by atoms with E-state index in [-0.39, 0.29) is 5.54 Å². The monoisotopic (exact) mass is 201 g/mol. The summed E-state index contributed by atoms with van der Waals surface area (Å²) in [7, 11) is 0. The average molecular weight is 201 g/mol. The SMILES string of the molecule is NC1(c2ccc3c(n2)C2CC(C2)N3)CC1. The zero-order valence-electron chi connectivity index (χ0n) is 8.66. The van der Waals surface area contributed by atoms with Gasteiger partial charge in [0.1, 0.15) is 0 Å². The molecule has 0 radical (unpaired) electrons. The van der Waals surface area contributed by atoms with Crippen LogP contribution in [0.4, 0.5) is 5.69 Å². The van der Waals surface area contributed by atoms with E-state index in [1.165, 1.54) is 24.2 Å². The number of pyridine rings is 1. The fourth-order valence-corrected chi connectivity index (χ4v) is 2.76. The second-order valence-corrected chi connectivity index (χ2v) is 5.30. The van der Waals surface area contributed by atoms with Crippen molar-refractivity contribution in [3.8, 4) is 0 Å². The van der Waals surface area contributed by atoms with E-state index in [1.807, 2.05) is 0 Å². The highest BCUT2D eigenvalue weighted by Crippen LogP contribution is 2.48. The lowest BCUT2D eigenvalue weighted by Gasteiger charge is -2.43. The lowest BCUT2D eigenvalue weighted by molar-refractivity contribution is 0.348. The first-order chi connectivity index (χ1) is 7.24. The summed E-state index contributed by atoms with van der Waals surface area (Å²) in [5, 5.41) is 3.52. The number of rotatable bonds is 1. The Labute approximate surface area is 89.1 Å². The molecule has 0 amide bonds. The Morgan fingerprint density at radius 3 is 2.87 bits per heavy atom. The van der Waals surface area contributed by atoms with Crippen LogP contribution >= 0.6 is 0 Å². The topological polar surface area (TPSA) is 50.9 Å². The molecule has 4 aliphatic rings. The number of hydrogen-bond donors (Lipinski definition) is 2. The zero-order chi connectivity index (χ0) is 10.0. The molecule has 1 aromatic heterocycles. The van der Waals surface area contributed by atoms with Gasteiger partial charge in [-0.15, -0.1) is 0 Å². The highest BCUT2D eigenvalue weighted by atomic mass is 15.0. The quantitative estimate of drug-likeness (QED) is 0.727. The van der Waals surface area contributed by atoms with Crippen LogP contribution in [0.2, 0.25) is 0 Å². The summed E-state index contributed by atoms with van der Waals surface area (Å²) in [5.41, 5.74) is 9.71. The minimum Gasteiger partial charge on any atom is -0.381 e. The molecule has 0 atom stereocenters. The first-order valence-corrected chi connectivity index (χ1v) is 5.81. The molecule has 78 valence electrons. The minimum absolute atomic E-state index is 0.0877. The Balaban J connectivity index is 1.81. The van der Waals surface area contributed by atoms with Gasteiger partial charge < -0.3 is 11.1 Å². The second kappa shape index (κ2) is 2.35. The summed E-state index contributed by atoms with van der Waals surface area (Å²) in [5.74, 6) is 0.702. The summed E-state index contributed by atoms with van der Waals surface area (Å²) in [6.45, 7) is 0. The van der Waals surface area contributed by atoms with E-state index in [0.29, 0.717) is 12.0 Å². The van der Waals surface area contributed by atoms with Crippen molar-refractivity contribution in [2.24, 2.45) is 5.73 Å². The van der Waals surface area contributed by atoms with E-state index in [0.717, 1.165) is 18.5 Å². The number of nitrogens with two attached hydrogens (primary N) is 1. The smallest absolute Gasteiger partial charge is 0.0671 e. The van der Waals surface area contributed by atoms with Crippen LogP contribution < -0.4 is 11.1 Å². The molecule has 5 rings (SSSR count). The van der Waals surface area contributed by atoms with Crippen LogP contribution in [-0.2, 0) is 5.54 Å². The van der Waals surface area contributed by atoms with Crippen LogP contribution in [0.15, 0.2) is 12.1 Å². The lowest BCUT2D eigenvalue weighted by Crippen LogP contribution is -2.40. The highest BCUT2D eigenvalue weighted by molar-refractivity contribution is 5.56. The summed E-state index contributed by atoms with van der Waals surface area (Å²) < 4.78 is 0. The summed E-state index contributed by atoms with van der Waals surface area (Å²) in [6.07, 6.45) is 4.72. The Morgan fingerprint density at radius 1 is 1.33 bits per heavy atom. The van der Waals surface area contributed by atoms with Gasteiger partial charge in [0.15, 0.2) is 0 Å². The van der Waals surface area contributed by atoms with Crippen molar-refractivity contribution in [1.82, 2.24) is 4.98 Å². The van der Waals surface area contributed by atoms with Crippen LogP contribution in [0.25, 0.3) is 0 Å². The van der Waals surface area contributed by atoms with Crippen LogP contribution in [0.5, 0.6) is 0 Å². The largest absolute Gasteiger partial charge is 0.381 e. The fraction of sp³-hybridized carbons (Fsp3) is 0.583. The van der Waals surface area contributed by atoms with Crippen molar-refractivity contribution in [2.75, 3.05) is 5.32 Å². The number of anilines is 1. The van der Waals surface area contributed by atoms with Gasteiger partial charge in [0.25, 0.3) is 0 Å². The first-order valence-electron chi connectivity index (χ1n) is 5.81. The normalized spacial score (nSPS) is 33.7. The van der Waals surface area contributed by atoms with Gasteiger partial charge in [-0.3, -0.25) is 4.98 Å². The van der Waals surface area contributed by atoms with Crippen LogP contribution in [0.1, 0.15) is 43.0 Å². The van der Waals surface area contributed by atoms with Crippen molar-refractivity contribution >= 4 is 5.69 Å². The molecule has 3 nitrogen and oxygen atoms in total. The molecule has 0 unspecified atom stereocenters. The highest BCUT2D eigenvalue weighted by Gasteiger charge is 2.44. The van der Waals surface area contributed by atoms with Crippen LogP contribution in [0, 0.1) is 0 Å². The molecular weight excluding hydrogens is 186 g/mol. The molecule has 2 saturated carbocycles. The Kier molecular flexibility index (Phi) is 1.27. The molecule has 2 aliphatic heterocycles. The fourth-order valence-electron chi connectivity index (χ4n) is 2.76. The molecule has 0 saturated heterocycles. The molecule has 0 aromatic carbocycles. The van der Waals surface area contributed by atoms with Crippen molar-refractivity contribution in [3.63, 3.8) is 0 Å². The van der Waals surface area contributed by atoms with Gasteiger partial charge in [0, 0.05) is 12.0 Å². The van der Waals surface area contributed by atoms with E-state index >= 15 is 0 Å². The maximum atomic E-state index is 6.18. The molecule has 1 aromatic rings. The van der Waals surface area contributed by atoms with Crippen molar-refractivity contribution in [2.45, 2.75) is 43.2 Å². The van der Waals surface area contributed by atoms with E-state index in [1.54, 1.807) is 0 Å². The van der Waals surface area contributed by atoms with Crippen molar-refractivity contribution < 1.29 is 0 Å². The number of nitrogens with zero attached hydrogens (tertiary/aromatic N) is 1. The number of hydrogen-bond acceptors (Lipinski definition) is 3. The summed E-state index contributed by atoms with van der Waals surface area (Å²) in [6, 6.07) is 4.98. The van der Waals surface area contributed by atoms with Gasteiger partial charge in [0.05, 0.1) is 22.6 Å². The lowest BCUT2D eigenvalue weighted by atomic mass is 9.74. The average Bonchev–Trinajstić information content (AvgIpc) is 2.95. The maximum absolute atomic E-state index is 6.18. The molecule has 2 aliphatic carbocycles. The Morgan fingerprint density at radius 2 is 2.13 bits per heavy atom. The van der Waals surface area contributed by atoms with E-state index in [9.17, 15) is 0 Å². The number of nitrogens with one attached hydrogen (secondary N) is 1. The maximum Gasteiger partial charge on any atom is 0.0671 e. The summed E-state index contributed by atoms with van der Waals surface area (Å²) in [4.78, 5) is 4.78. The van der Waals surface area contributed by atoms with Crippen LogP contribution in [-0.4, -0.2) is 11.0 Å². The molecule has 15 heavy (non-hydrogen) atoms. The van der Waals surface area contributed by atoms with Crippen molar-refractivity contribution in [3.05, 3.63) is 23.5 Å². The van der Waals surface area contributed by atoms with Gasteiger partial charge >= 0.3 is 0 Å². The first kappa shape index (κ1) is 8.11. The minimum atomic E-state index is -0.0877. The van der Waals surface area contributed by atoms with E-state index in [2.05, 4.69) is 17.4 Å². The predicted molar refractivity (Wildman–Crippen MR) is 58.7 cm³/mol. The molecule has 2 bridgehead atoms. The Hall–Kier alpha value is -1.09. The Bertz CT molecular complexity index is 430. The predicted octanol–water partition coefficient (Wildman–Crippen LogP) is 1.70. The third-order valence-corrected chi connectivity index (χ3v) is 4.11. The van der Waals surface area contributed by atoms with Gasteiger partial charge in [0.2, 0.25) is 0 Å². The summed E-state index contributed by atoms with van der Waals surface area (Å²) >= 11 is 0. The van der Waals surface area contributed by atoms with E-state index < -0.39 is 0 Å². The van der Waals surface area contributed by atoms with Gasteiger partial charge in [-0.05, 0) is 37.8 Å². The van der Waals surface area contributed by atoms with Gasteiger partial charge in [-0.1, -0.05) is 0 Å². The third-order valence-electron chi connectivity index (χ3n) is 4.11. The third kappa shape index (κ3) is 1.01. The second-order valence-electron chi connectivity index (χ2n) is 5.30. The molecule has 2 fully saturated rings.